The molecule has 0 spiro atoms. The van der Waals surface area contributed by atoms with Crippen molar-refractivity contribution in [3.05, 3.63) is 29.7 Å². The van der Waals surface area contributed by atoms with Gasteiger partial charge in [-0.15, -0.1) is 11.3 Å². The third-order valence-electron chi connectivity index (χ3n) is 2.43. The van der Waals surface area contributed by atoms with Gasteiger partial charge in [-0.3, -0.25) is 4.79 Å². The zero-order chi connectivity index (χ0) is 12.7. The summed E-state index contributed by atoms with van der Waals surface area (Å²) in [4.78, 5) is 20.2. The molecule has 0 atom stereocenters. The first kappa shape index (κ1) is 10.7. The van der Waals surface area contributed by atoms with Gasteiger partial charge in [0.05, 0.1) is 17.3 Å². The maximum absolute atomic E-state index is 11.1. The van der Waals surface area contributed by atoms with E-state index in [-0.39, 0.29) is 11.4 Å². The first-order chi connectivity index (χ1) is 8.66. The molecule has 0 aliphatic rings. The van der Waals surface area contributed by atoms with Crippen molar-refractivity contribution in [3.8, 4) is 5.82 Å². The van der Waals surface area contributed by atoms with E-state index in [4.69, 9.17) is 11.5 Å². The van der Waals surface area contributed by atoms with Crippen LogP contribution in [0.5, 0.6) is 0 Å². The van der Waals surface area contributed by atoms with Crippen molar-refractivity contribution < 1.29 is 4.79 Å². The molecule has 3 heterocycles. The molecule has 18 heavy (non-hydrogen) atoms. The third-order valence-corrected chi connectivity index (χ3v) is 3.25. The molecule has 4 N–H and O–H groups in total. The molecule has 7 nitrogen and oxygen atoms in total. The lowest BCUT2D eigenvalue weighted by Gasteiger charge is -2.00. The molecule has 8 heteroatoms. The molecule has 0 aliphatic carbocycles. The van der Waals surface area contributed by atoms with E-state index in [0.717, 1.165) is 10.2 Å². The Kier molecular flexibility index (Phi) is 2.23. The highest BCUT2D eigenvalue weighted by atomic mass is 32.1. The van der Waals surface area contributed by atoms with Crippen molar-refractivity contribution in [3.63, 3.8) is 0 Å². The highest BCUT2D eigenvalue weighted by Crippen LogP contribution is 2.23. The third kappa shape index (κ3) is 1.51. The summed E-state index contributed by atoms with van der Waals surface area (Å²) in [6.45, 7) is 0. The second-order valence-electron chi connectivity index (χ2n) is 3.58. The van der Waals surface area contributed by atoms with Gasteiger partial charge in [-0.2, -0.15) is 5.10 Å². The van der Waals surface area contributed by atoms with E-state index in [2.05, 4.69) is 15.1 Å². The fraction of sp³-hybridized carbons (Fsp3) is 0. The molecule has 0 saturated heterocycles. The number of nitrogens with zero attached hydrogens (tertiary/aromatic N) is 4. The van der Waals surface area contributed by atoms with Gasteiger partial charge in [0.1, 0.15) is 11.2 Å². The van der Waals surface area contributed by atoms with Gasteiger partial charge < -0.3 is 11.5 Å². The van der Waals surface area contributed by atoms with Crippen molar-refractivity contribution in [2.24, 2.45) is 5.73 Å². The largest absolute Gasteiger partial charge is 0.396 e. The second kappa shape index (κ2) is 3.77. The first-order valence-corrected chi connectivity index (χ1v) is 5.88. The number of hydrogen-bond acceptors (Lipinski definition) is 6. The lowest BCUT2D eigenvalue weighted by atomic mass is 10.3. The number of amides is 1. The number of aromatic nitrogens is 4. The average Bonchev–Trinajstić information content (AvgIpc) is 2.94. The minimum atomic E-state index is -0.665. The Labute approximate surface area is 105 Å². The summed E-state index contributed by atoms with van der Waals surface area (Å²) in [5.41, 5.74) is 11.1. The molecule has 3 aromatic heterocycles. The molecule has 90 valence electrons. The predicted octanol–water partition coefficient (Wildman–Crippen LogP) is 0.558. The zero-order valence-electron chi connectivity index (χ0n) is 9.07. The van der Waals surface area contributed by atoms with Crippen LogP contribution in [-0.2, 0) is 0 Å². The molecule has 0 saturated carbocycles. The number of fused-ring (bicyclic) bond motifs is 1. The molecule has 0 fully saturated rings. The Balaban J connectivity index is 2.23. The summed E-state index contributed by atoms with van der Waals surface area (Å²) in [7, 11) is 0. The molecular weight excluding hydrogens is 252 g/mol. The van der Waals surface area contributed by atoms with Crippen LogP contribution in [0.3, 0.4) is 0 Å². The Morgan fingerprint density at radius 2 is 2.22 bits per heavy atom. The summed E-state index contributed by atoms with van der Waals surface area (Å²) < 4.78 is 1.44. The second-order valence-corrected chi connectivity index (χ2v) is 4.47. The number of nitrogens with two attached hydrogens (primary N) is 2. The maximum atomic E-state index is 11.1. The fourth-order valence-electron chi connectivity index (χ4n) is 1.65. The highest BCUT2D eigenvalue weighted by molar-refractivity contribution is 7.16. The SMILES string of the molecule is NC(=O)c1nn(-c2ncnc3sccc23)cc1N. The number of primary amides is 1. The van der Waals surface area contributed by atoms with Crippen LogP contribution in [0.15, 0.2) is 24.0 Å². The maximum Gasteiger partial charge on any atom is 0.271 e. The Morgan fingerprint density at radius 3 is 2.94 bits per heavy atom. The van der Waals surface area contributed by atoms with E-state index in [1.165, 1.54) is 28.5 Å². The van der Waals surface area contributed by atoms with Crippen LogP contribution >= 0.6 is 11.3 Å². The minimum absolute atomic E-state index is 0.0389. The Bertz CT molecular complexity index is 746. The van der Waals surface area contributed by atoms with Crippen LogP contribution < -0.4 is 11.5 Å². The van der Waals surface area contributed by atoms with Crippen LogP contribution in [-0.4, -0.2) is 25.7 Å². The van der Waals surface area contributed by atoms with E-state index in [1.54, 1.807) is 0 Å². The number of carbonyl (C=O) groups excluding carboxylic acids is 1. The molecule has 0 unspecified atom stereocenters. The van der Waals surface area contributed by atoms with Crippen LogP contribution in [0.1, 0.15) is 10.5 Å². The smallest absolute Gasteiger partial charge is 0.271 e. The summed E-state index contributed by atoms with van der Waals surface area (Å²) in [5, 5.41) is 6.80. The van der Waals surface area contributed by atoms with Crippen LogP contribution in [0.2, 0.25) is 0 Å². The molecule has 3 rings (SSSR count). The number of rotatable bonds is 2. The molecule has 1 amide bonds. The fourth-order valence-corrected chi connectivity index (χ4v) is 2.37. The zero-order valence-corrected chi connectivity index (χ0v) is 9.89. The number of hydrogen-bond donors (Lipinski definition) is 2. The highest BCUT2D eigenvalue weighted by Gasteiger charge is 2.14. The van der Waals surface area contributed by atoms with Crippen molar-refractivity contribution >= 4 is 33.1 Å². The Morgan fingerprint density at radius 1 is 1.39 bits per heavy atom. The van der Waals surface area contributed by atoms with E-state index >= 15 is 0 Å². The van der Waals surface area contributed by atoms with Crippen LogP contribution in [0.4, 0.5) is 5.69 Å². The monoisotopic (exact) mass is 260 g/mol. The predicted molar refractivity (Wildman–Crippen MR) is 67.5 cm³/mol. The Hall–Kier alpha value is -2.48. The van der Waals surface area contributed by atoms with Gasteiger partial charge >= 0.3 is 0 Å². The lowest BCUT2D eigenvalue weighted by molar-refractivity contribution is 0.0996. The minimum Gasteiger partial charge on any atom is -0.396 e. The van der Waals surface area contributed by atoms with E-state index < -0.39 is 5.91 Å². The van der Waals surface area contributed by atoms with E-state index in [1.807, 2.05) is 11.4 Å². The summed E-state index contributed by atoms with van der Waals surface area (Å²) >= 11 is 1.50. The van der Waals surface area contributed by atoms with Gasteiger partial charge in [-0.1, -0.05) is 0 Å². The topological polar surface area (TPSA) is 113 Å². The van der Waals surface area contributed by atoms with Crippen molar-refractivity contribution in [2.45, 2.75) is 0 Å². The molecule has 0 aromatic carbocycles. The van der Waals surface area contributed by atoms with E-state index in [0.29, 0.717) is 5.82 Å². The van der Waals surface area contributed by atoms with Crippen molar-refractivity contribution in [2.75, 3.05) is 5.73 Å². The molecule has 3 aromatic rings. The molecule has 0 aliphatic heterocycles. The molecular formula is C10H8N6OS. The van der Waals surface area contributed by atoms with E-state index in [9.17, 15) is 4.79 Å². The normalized spacial score (nSPS) is 10.9. The van der Waals surface area contributed by atoms with Gasteiger partial charge in [0.2, 0.25) is 0 Å². The number of thiophene rings is 1. The molecule has 0 radical (unpaired) electrons. The lowest BCUT2D eigenvalue weighted by Crippen LogP contribution is -2.14. The van der Waals surface area contributed by atoms with Crippen LogP contribution in [0, 0.1) is 0 Å². The number of nitrogen functional groups attached to an aromatic ring is 1. The first-order valence-electron chi connectivity index (χ1n) is 5.00. The summed E-state index contributed by atoms with van der Waals surface area (Å²) in [5.74, 6) is -0.0951. The summed E-state index contributed by atoms with van der Waals surface area (Å²) in [6.07, 6.45) is 2.95. The number of anilines is 1. The average molecular weight is 260 g/mol. The quantitative estimate of drug-likeness (QED) is 0.699. The van der Waals surface area contributed by atoms with Crippen LogP contribution in [0.25, 0.3) is 16.0 Å². The van der Waals surface area contributed by atoms with Gasteiger partial charge in [0, 0.05) is 0 Å². The molecule has 0 bridgehead atoms. The van der Waals surface area contributed by atoms with Gasteiger partial charge in [0.25, 0.3) is 5.91 Å². The summed E-state index contributed by atoms with van der Waals surface area (Å²) in [6, 6.07) is 1.89. The van der Waals surface area contributed by atoms with Crippen molar-refractivity contribution in [1.82, 2.24) is 19.7 Å². The van der Waals surface area contributed by atoms with Gasteiger partial charge in [-0.25, -0.2) is 14.6 Å². The van der Waals surface area contributed by atoms with Crippen molar-refractivity contribution in [1.29, 1.82) is 0 Å². The number of carbonyl (C=O) groups is 1. The van der Waals surface area contributed by atoms with Gasteiger partial charge in [0.15, 0.2) is 11.5 Å². The van der Waals surface area contributed by atoms with Gasteiger partial charge in [-0.05, 0) is 11.4 Å². The standard InChI is InChI=1S/C10H8N6OS/c11-6-3-16(15-7(6)8(12)17)9-5-1-2-18-10(5)14-4-13-9/h1-4H,11H2,(H2,12,17).